The maximum absolute atomic E-state index is 5.95. The van der Waals surface area contributed by atoms with Crippen LogP contribution in [0.4, 0.5) is 0 Å². The predicted molar refractivity (Wildman–Crippen MR) is 102 cm³/mol. The number of nitrogens with one attached hydrogen (secondary N) is 1. The lowest BCUT2D eigenvalue weighted by Crippen LogP contribution is -2.48. The lowest BCUT2D eigenvalue weighted by atomic mass is 10.1. The third-order valence-corrected chi connectivity index (χ3v) is 4.74. The van der Waals surface area contributed by atoms with Crippen LogP contribution in [0.1, 0.15) is 39.4 Å². The van der Waals surface area contributed by atoms with Crippen molar-refractivity contribution in [3.05, 3.63) is 18.0 Å². The van der Waals surface area contributed by atoms with Gasteiger partial charge in [0.15, 0.2) is 5.96 Å². The number of aryl methyl sites for hydroxylation is 1. The molecule has 2 rings (SSSR count). The maximum atomic E-state index is 5.95. The molecule has 1 aliphatic rings. The smallest absolute Gasteiger partial charge is 0.194 e. The zero-order valence-corrected chi connectivity index (χ0v) is 16.4. The second-order valence-electron chi connectivity index (χ2n) is 6.52. The minimum atomic E-state index is 0.0477. The van der Waals surface area contributed by atoms with Gasteiger partial charge < -0.3 is 15.0 Å². The molecule has 1 aliphatic heterocycles. The van der Waals surface area contributed by atoms with Crippen LogP contribution < -0.4 is 5.32 Å². The highest BCUT2D eigenvalue weighted by atomic mass is 16.5. The summed E-state index contributed by atoms with van der Waals surface area (Å²) in [6.07, 6.45) is 3.97. The molecule has 0 radical (unpaired) electrons. The van der Waals surface area contributed by atoms with Crippen molar-refractivity contribution < 1.29 is 4.74 Å². The molecule has 2 heterocycles. The number of likely N-dealkylation sites (N-methyl/N-ethyl adjacent to an activating group) is 1. The van der Waals surface area contributed by atoms with Crippen LogP contribution in [0.5, 0.6) is 0 Å². The van der Waals surface area contributed by atoms with E-state index >= 15 is 0 Å². The standard InChI is InChI=1S/C18H34N6O/c1-6-19-18(20-11-15(4)23(7-2)8-3)24-9-10-25-17(14-24)16-12-21-22(5)13-16/h12-13,15,17H,6-11,14H2,1-5H3,(H,19,20). The minimum absolute atomic E-state index is 0.0477. The summed E-state index contributed by atoms with van der Waals surface area (Å²) < 4.78 is 7.77. The third kappa shape index (κ3) is 5.44. The maximum Gasteiger partial charge on any atom is 0.194 e. The molecule has 25 heavy (non-hydrogen) atoms. The number of ether oxygens (including phenoxy) is 1. The lowest BCUT2D eigenvalue weighted by Gasteiger charge is -2.35. The summed E-state index contributed by atoms with van der Waals surface area (Å²) >= 11 is 0. The Bertz CT molecular complexity index is 539. The van der Waals surface area contributed by atoms with Gasteiger partial charge in [0, 0.05) is 37.9 Å². The highest BCUT2D eigenvalue weighted by molar-refractivity contribution is 5.80. The van der Waals surface area contributed by atoms with Crippen LogP contribution in [0, 0.1) is 0 Å². The molecule has 1 N–H and O–H groups in total. The number of hydrogen-bond acceptors (Lipinski definition) is 4. The fourth-order valence-corrected chi connectivity index (χ4v) is 3.26. The van der Waals surface area contributed by atoms with E-state index in [1.165, 1.54) is 0 Å². The van der Waals surface area contributed by atoms with Gasteiger partial charge in [-0.1, -0.05) is 13.8 Å². The van der Waals surface area contributed by atoms with Gasteiger partial charge in [0.1, 0.15) is 6.10 Å². The second-order valence-corrected chi connectivity index (χ2v) is 6.52. The number of morpholine rings is 1. The van der Waals surface area contributed by atoms with E-state index in [1.54, 1.807) is 0 Å². The Morgan fingerprint density at radius 3 is 2.80 bits per heavy atom. The molecule has 7 nitrogen and oxygen atoms in total. The lowest BCUT2D eigenvalue weighted by molar-refractivity contribution is -0.00807. The van der Waals surface area contributed by atoms with Crippen LogP contribution in [0.15, 0.2) is 17.4 Å². The molecule has 7 heteroatoms. The van der Waals surface area contributed by atoms with E-state index in [4.69, 9.17) is 9.73 Å². The number of nitrogens with zero attached hydrogens (tertiary/aromatic N) is 5. The largest absolute Gasteiger partial charge is 0.370 e. The summed E-state index contributed by atoms with van der Waals surface area (Å²) in [6, 6.07) is 0.443. The number of guanidine groups is 1. The molecular formula is C18H34N6O. The second kappa shape index (κ2) is 9.77. The molecule has 2 unspecified atom stereocenters. The first-order valence-corrected chi connectivity index (χ1v) is 9.46. The van der Waals surface area contributed by atoms with Crippen molar-refractivity contribution in [1.29, 1.82) is 0 Å². The summed E-state index contributed by atoms with van der Waals surface area (Å²) in [7, 11) is 1.93. The zero-order valence-electron chi connectivity index (χ0n) is 16.4. The van der Waals surface area contributed by atoms with Gasteiger partial charge in [0.2, 0.25) is 0 Å². The minimum Gasteiger partial charge on any atom is -0.370 e. The van der Waals surface area contributed by atoms with E-state index in [0.29, 0.717) is 12.6 Å². The van der Waals surface area contributed by atoms with E-state index in [1.807, 2.05) is 24.1 Å². The molecule has 0 aromatic carbocycles. The predicted octanol–water partition coefficient (Wildman–Crippen LogP) is 1.49. The average molecular weight is 351 g/mol. The molecule has 0 amide bonds. The third-order valence-electron chi connectivity index (χ3n) is 4.74. The molecule has 0 spiro atoms. The molecule has 0 bridgehead atoms. The van der Waals surface area contributed by atoms with E-state index in [-0.39, 0.29) is 6.10 Å². The van der Waals surface area contributed by atoms with Crippen LogP contribution in [0.2, 0.25) is 0 Å². The van der Waals surface area contributed by atoms with E-state index in [2.05, 4.69) is 47.9 Å². The monoisotopic (exact) mass is 350 g/mol. The molecule has 1 aromatic heterocycles. The average Bonchev–Trinajstić information content (AvgIpc) is 3.06. The quantitative estimate of drug-likeness (QED) is 0.596. The summed E-state index contributed by atoms with van der Waals surface area (Å²) in [5.74, 6) is 0.985. The van der Waals surface area contributed by atoms with Crippen molar-refractivity contribution in [3.63, 3.8) is 0 Å². The number of aliphatic imine (C=N–C) groups is 1. The molecular weight excluding hydrogens is 316 g/mol. The summed E-state index contributed by atoms with van der Waals surface area (Å²) in [4.78, 5) is 9.64. The molecule has 142 valence electrons. The topological polar surface area (TPSA) is 57.9 Å². The van der Waals surface area contributed by atoms with E-state index in [0.717, 1.165) is 50.8 Å². The van der Waals surface area contributed by atoms with Crippen molar-refractivity contribution in [2.24, 2.45) is 12.0 Å². The van der Waals surface area contributed by atoms with Crippen molar-refractivity contribution in [2.45, 2.75) is 39.8 Å². The van der Waals surface area contributed by atoms with Crippen molar-refractivity contribution in [2.75, 3.05) is 45.9 Å². The van der Waals surface area contributed by atoms with Gasteiger partial charge in [0.25, 0.3) is 0 Å². The summed E-state index contributed by atoms with van der Waals surface area (Å²) in [5, 5.41) is 7.70. The molecule has 2 atom stereocenters. The Morgan fingerprint density at radius 1 is 1.44 bits per heavy atom. The molecule has 1 aromatic rings. The normalized spacial score (nSPS) is 20.2. The van der Waals surface area contributed by atoms with Crippen molar-refractivity contribution in [3.8, 4) is 0 Å². The first-order valence-electron chi connectivity index (χ1n) is 9.46. The van der Waals surface area contributed by atoms with E-state index < -0.39 is 0 Å². The molecule has 0 saturated carbocycles. The summed E-state index contributed by atoms with van der Waals surface area (Å²) in [6.45, 7) is 14.9. The fraction of sp³-hybridized carbons (Fsp3) is 0.778. The Labute approximate surface area is 152 Å². The fourth-order valence-electron chi connectivity index (χ4n) is 3.26. The zero-order chi connectivity index (χ0) is 18.2. The van der Waals surface area contributed by atoms with Crippen LogP contribution in [0.3, 0.4) is 0 Å². The number of aromatic nitrogens is 2. The first-order chi connectivity index (χ1) is 12.1. The Balaban J connectivity index is 2.03. The van der Waals surface area contributed by atoms with Gasteiger partial charge in [-0.2, -0.15) is 5.10 Å². The first kappa shape index (κ1) is 19.7. The Hall–Kier alpha value is -1.60. The van der Waals surface area contributed by atoms with Crippen molar-refractivity contribution in [1.82, 2.24) is 24.9 Å². The Kier molecular flexibility index (Phi) is 7.71. The SMILES string of the molecule is CCNC(=NCC(C)N(CC)CC)N1CCOC(c2cnn(C)c2)C1. The molecule has 0 aliphatic carbocycles. The Morgan fingerprint density at radius 2 is 2.20 bits per heavy atom. The molecule has 1 saturated heterocycles. The van der Waals surface area contributed by atoms with Gasteiger partial charge in [-0.25, -0.2) is 0 Å². The van der Waals surface area contributed by atoms with E-state index in [9.17, 15) is 0 Å². The highest BCUT2D eigenvalue weighted by Gasteiger charge is 2.25. The van der Waals surface area contributed by atoms with Crippen LogP contribution in [0.25, 0.3) is 0 Å². The van der Waals surface area contributed by atoms with Gasteiger partial charge in [-0.3, -0.25) is 14.6 Å². The van der Waals surface area contributed by atoms with Crippen molar-refractivity contribution >= 4 is 5.96 Å². The summed E-state index contributed by atoms with van der Waals surface area (Å²) in [5.41, 5.74) is 1.12. The van der Waals surface area contributed by atoms with Gasteiger partial charge in [0.05, 0.1) is 25.9 Å². The highest BCUT2D eigenvalue weighted by Crippen LogP contribution is 2.21. The number of rotatable bonds is 7. The van der Waals surface area contributed by atoms with Gasteiger partial charge >= 0.3 is 0 Å². The number of hydrogen-bond donors (Lipinski definition) is 1. The van der Waals surface area contributed by atoms with Crippen LogP contribution in [-0.4, -0.2) is 77.5 Å². The van der Waals surface area contributed by atoms with Gasteiger partial charge in [-0.05, 0) is 26.9 Å². The van der Waals surface area contributed by atoms with Crippen LogP contribution >= 0.6 is 0 Å². The van der Waals surface area contributed by atoms with Gasteiger partial charge in [-0.15, -0.1) is 0 Å². The van der Waals surface area contributed by atoms with Crippen LogP contribution in [-0.2, 0) is 11.8 Å². The molecule has 1 fully saturated rings.